The van der Waals surface area contributed by atoms with Gasteiger partial charge in [0.2, 0.25) is 0 Å². The van der Waals surface area contributed by atoms with E-state index >= 15 is 0 Å². The van der Waals surface area contributed by atoms with Gasteiger partial charge in [0, 0.05) is 13.5 Å². The number of unbranched alkanes of at least 4 members (excludes halogenated alkanes) is 2. The molecule has 80 valence electrons. The minimum Gasteiger partial charge on any atom is -0.458 e. The monoisotopic (exact) mass is 198 g/mol. The fourth-order valence-corrected chi connectivity index (χ4v) is 1.16. The lowest BCUT2D eigenvalue weighted by Gasteiger charge is -2.11. The molecule has 3 nitrogen and oxygen atoms in total. The van der Waals surface area contributed by atoms with Crippen LogP contribution in [-0.4, -0.2) is 23.8 Å². The van der Waals surface area contributed by atoms with Crippen molar-refractivity contribution in [3.8, 4) is 0 Å². The van der Waals surface area contributed by atoms with Crippen LogP contribution in [0.2, 0.25) is 0 Å². The summed E-state index contributed by atoms with van der Waals surface area (Å²) in [6, 6.07) is 0. The molecule has 0 heterocycles. The highest BCUT2D eigenvalue weighted by atomic mass is 16.5. The van der Waals surface area contributed by atoms with Crippen LogP contribution in [0.5, 0.6) is 0 Å². The summed E-state index contributed by atoms with van der Waals surface area (Å²) in [6.07, 6.45) is 4.87. The van der Waals surface area contributed by atoms with Gasteiger partial charge in [-0.2, -0.15) is 0 Å². The Labute approximate surface area is 85.1 Å². The molecule has 0 radical (unpaired) electrons. The SMILES string of the molecule is C=C=CC(CCCCCO)OC(C)=O. The van der Waals surface area contributed by atoms with E-state index < -0.39 is 0 Å². The van der Waals surface area contributed by atoms with Gasteiger partial charge in [-0.3, -0.25) is 4.79 Å². The van der Waals surface area contributed by atoms with E-state index in [2.05, 4.69) is 12.3 Å². The zero-order chi connectivity index (χ0) is 10.8. The predicted octanol–water partition coefficient (Wildman–Crippen LogP) is 1.81. The number of aliphatic hydroxyl groups excluding tert-OH is 1. The summed E-state index contributed by atoms with van der Waals surface area (Å²) in [5, 5.41) is 8.56. The van der Waals surface area contributed by atoms with Crippen molar-refractivity contribution in [3.05, 3.63) is 18.4 Å². The Hall–Kier alpha value is -1.05. The first-order chi connectivity index (χ1) is 6.70. The Morgan fingerprint density at radius 3 is 2.79 bits per heavy atom. The van der Waals surface area contributed by atoms with Crippen LogP contribution in [0.3, 0.4) is 0 Å². The van der Waals surface area contributed by atoms with E-state index in [1.807, 2.05) is 0 Å². The average molecular weight is 198 g/mol. The third kappa shape index (κ3) is 7.59. The molecule has 3 heteroatoms. The smallest absolute Gasteiger partial charge is 0.303 e. The molecule has 1 unspecified atom stereocenters. The fourth-order valence-electron chi connectivity index (χ4n) is 1.16. The van der Waals surface area contributed by atoms with Crippen LogP contribution in [-0.2, 0) is 9.53 Å². The Kier molecular flexibility index (Phi) is 7.90. The number of esters is 1. The largest absolute Gasteiger partial charge is 0.458 e. The van der Waals surface area contributed by atoms with Crippen LogP contribution in [0, 0.1) is 0 Å². The predicted molar refractivity (Wildman–Crippen MR) is 54.8 cm³/mol. The minimum atomic E-state index is -0.288. The highest BCUT2D eigenvalue weighted by molar-refractivity contribution is 5.66. The maximum Gasteiger partial charge on any atom is 0.303 e. The quantitative estimate of drug-likeness (QED) is 0.385. The topological polar surface area (TPSA) is 46.5 Å². The second kappa shape index (κ2) is 8.54. The van der Waals surface area contributed by atoms with Crippen molar-refractivity contribution >= 4 is 5.97 Å². The molecule has 0 aliphatic rings. The molecule has 0 amide bonds. The molecule has 0 spiro atoms. The summed E-state index contributed by atoms with van der Waals surface area (Å²) in [4.78, 5) is 10.7. The Bertz CT molecular complexity index is 205. The number of carbonyl (C=O) groups excluding carboxylic acids is 1. The number of rotatable bonds is 7. The van der Waals surface area contributed by atoms with Crippen molar-refractivity contribution in [1.29, 1.82) is 0 Å². The van der Waals surface area contributed by atoms with Crippen molar-refractivity contribution in [2.45, 2.75) is 38.7 Å². The van der Waals surface area contributed by atoms with Gasteiger partial charge in [-0.25, -0.2) is 0 Å². The summed E-state index contributed by atoms with van der Waals surface area (Å²) in [6.45, 7) is 5.04. The molecular formula is C11H18O3. The summed E-state index contributed by atoms with van der Waals surface area (Å²) >= 11 is 0. The molecule has 0 aliphatic heterocycles. The fraction of sp³-hybridized carbons (Fsp3) is 0.636. The maximum atomic E-state index is 10.7. The molecule has 0 saturated carbocycles. The third-order valence-electron chi connectivity index (χ3n) is 1.77. The first-order valence-corrected chi connectivity index (χ1v) is 4.84. The van der Waals surface area contributed by atoms with Gasteiger partial charge in [0.25, 0.3) is 0 Å². The Morgan fingerprint density at radius 1 is 1.57 bits per heavy atom. The van der Waals surface area contributed by atoms with Crippen molar-refractivity contribution in [2.75, 3.05) is 6.61 Å². The van der Waals surface area contributed by atoms with Gasteiger partial charge in [0.05, 0.1) is 0 Å². The van der Waals surface area contributed by atoms with E-state index in [0.29, 0.717) is 0 Å². The zero-order valence-corrected chi connectivity index (χ0v) is 8.66. The molecule has 0 aromatic heterocycles. The first-order valence-electron chi connectivity index (χ1n) is 4.84. The van der Waals surface area contributed by atoms with Gasteiger partial charge in [0.15, 0.2) is 0 Å². The Morgan fingerprint density at radius 2 is 2.29 bits per heavy atom. The second-order valence-electron chi connectivity index (χ2n) is 3.09. The number of aliphatic hydroxyl groups is 1. The standard InChI is InChI=1S/C11H18O3/c1-3-7-11(14-10(2)13)8-5-4-6-9-12/h7,11-12H,1,4-6,8-9H2,2H3. The lowest BCUT2D eigenvalue weighted by Crippen LogP contribution is -2.13. The summed E-state index contributed by atoms with van der Waals surface area (Å²) in [5.74, 6) is -0.288. The highest BCUT2D eigenvalue weighted by Crippen LogP contribution is 2.08. The van der Waals surface area contributed by atoms with Gasteiger partial charge in [-0.05, 0) is 25.3 Å². The Balaban J connectivity index is 3.73. The number of hydrogen-bond acceptors (Lipinski definition) is 3. The van der Waals surface area contributed by atoms with Crippen LogP contribution in [0.1, 0.15) is 32.6 Å². The van der Waals surface area contributed by atoms with Crippen molar-refractivity contribution in [3.63, 3.8) is 0 Å². The van der Waals surface area contributed by atoms with Crippen LogP contribution in [0.25, 0.3) is 0 Å². The minimum absolute atomic E-state index is 0.218. The molecule has 0 bridgehead atoms. The molecule has 1 atom stereocenters. The number of hydrogen-bond donors (Lipinski definition) is 1. The van der Waals surface area contributed by atoms with E-state index in [1.54, 1.807) is 6.08 Å². The van der Waals surface area contributed by atoms with Gasteiger partial charge >= 0.3 is 5.97 Å². The highest BCUT2D eigenvalue weighted by Gasteiger charge is 2.07. The lowest BCUT2D eigenvalue weighted by atomic mass is 10.1. The summed E-state index contributed by atoms with van der Waals surface area (Å²) < 4.78 is 5.01. The molecule has 1 N–H and O–H groups in total. The molecule has 0 fully saturated rings. The molecule has 0 rings (SSSR count). The number of ether oxygens (including phenoxy) is 1. The van der Waals surface area contributed by atoms with Crippen LogP contribution in [0.4, 0.5) is 0 Å². The molecule has 0 aromatic rings. The second-order valence-corrected chi connectivity index (χ2v) is 3.09. The van der Waals surface area contributed by atoms with E-state index in [9.17, 15) is 4.79 Å². The van der Waals surface area contributed by atoms with Crippen LogP contribution >= 0.6 is 0 Å². The van der Waals surface area contributed by atoms with E-state index in [0.717, 1.165) is 25.7 Å². The zero-order valence-electron chi connectivity index (χ0n) is 8.66. The normalized spacial score (nSPS) is 11.6. The van der Waals surface area contributed by atoms with Gasteiger partial charge < -0.3 is 9.84 Å². The number of carbonyl (C=O) groups is 1. The molecular weight excluding hydrogens is 180 g/mol. The third-order valence-corrected chi connectivity index (χ3v) is 1.77. The van der Waals surface area contributed by atoms with Gasteiger partial charge in [-0.1, -0.05) is 13.0 Å². The van der Waals surface area contributed by atoms with Crippen LogP contribution in [0.15, 0.2) is 18.4 Å². The summed E-state index contributed by atoms with van der Waals surface area (Å²) in [7, 11) is 0. The molecule has 0 saturated heterocycles. The van der Waals surface area contributed by atoms with Crippen LogP contribution < -0.4 is 0 Å². The van der Waals surface area contributed by atoms with Gasteiger partial charge in [0.1, 0.15) is 6.10 Å². The van der Waals surface area contributed by atoms with Crippen molar-refractivity contribution in [2.24, 2.45) is 0 Å². The molecule has 0 aliphatic carbocycles. The molecule has 0 aromatic carbocycles. The van der Waals surface area contributed by atoms with Gasteiger partial charge in [-0.15, -0.1) is 5.73 Å². The average Bonchev–Trinajstić information content (AvgIpc) is 2.12. The first kappa shape index (κ1) is 12.9. The molecule has 14 heavy (non-hydrogen) atoms. The maximum absolute atomic E-state index is 10.7. The van der Waals surface area contributed by atoms with Crippen molar-refractivity contribution in [1.82, 2.24) is 0 Å². The van der Waals surface area contributed by atoms with E-state index in [1.165, 1.54) is 6.92 Å². The van der Waals surface area contributed by atoms with E-state index in [-0.39, 0.29) is 18.7 Å². The van der Waals surface area contributed by atoms with E-state index in [4.69, 9.17) is 9.84 Å². The lowest BCUT2D eigenvalue weighted by molar-refractivity contribution is -0.144. The van der Waals surface area contributed by atoms with Crippen molar-refractivity contribution < 1.29 is 14.6 Å². The summed E-state index contributed by atoms with van der Waals surface area (Å²) in [5.41, 5.74) is 2.61.